The van der Waals surface area contributed by atoms with Gasteiger partial charge in [-0.3, -0.25) is 4.68 Å². The Morgan fingerprint density at radius 1 is 1.44 bits per heavy atom. The fraction of sp³-hybridized carbons (Fsp3) is 0.800. The maximum absolute atomic E-state index is 10.9. The van der Waals surface area contributed by atoms with E-state index in [-0.39, 0.29) is 0 Å². The molecule has 0 aromatic carbocycles. The Bertz CT molecular complexity index is 399. The Labute approximate surface area is 110 Å². The van der Waals surface area contributed by atoms with Crippen LogP contribution in [-0.4, -0.2) is 20.5 Å². The molecular weight excluding hydrogens is 224 g/mol. The second-order valence-electron chi connectivity index (χ2n) is 5.57. The zero-order chi connectivity index (χ0) is 13.2. The van der Waals surface area contributed by atoms with Gasteiger partial charge in [0.25, 0.3) is 0 Å². The van der Waals surface area contributed by atoms with Crippen LogP contribution < -0.4 is 0 Å². The number of aromatic nitrogens is 2. The summed E-state index contributed by atoms with van der Waals surface area (Å²) in [5, 5.41) is 15.4. The third-order valence-corrected chi connectivity index (χ3v) is 4.48. The molecule has 102 valence electrons. The van der Waals surface area contributed by atoms with Crippen LogP contribution in [0, 0.1) is 5.92 Å². The van der Waals surface area contributed by atoms with Crippen LogP contribution in [0.5, 0.6) is 0 Å². The molecule has 18 heavy (non-hydrogen) atoms. The van der Waals surface area contributed by atoms with Crippen LogP contribution >= 0.6 is 0 Å². The molecule has 0 spiro atoms. The van der Waals surface area contributed by atoms with Gasteiger partial charge in [-0.2, -0.15) is 5.10 Å². The van der Waals surface area contributed by atoms with Crippen molar-refractivity contribution in [2.45, 2.75) is 71.4 Å². The van der Waals surface area contributed by atoms with Crippen molar-refractivity contribution in [1.82, 2.24) is 9.78 Å². The third kappa shape index (κ3) is 2.46. The lowest BCUT2D eigenvalue weighted by molar-refractivity contribution is -0.000254. The van der Waals surface area contributed by atoms with Gasteiger partial charge < -0.3 is 5.11 Å². The van der Waals surface area contributed by atoms with Crippen molar-refractivity contribution < 1.29 is 5.11 Å². The van der Waals surface area contributed by atoms with E-state index in [1.165, 1.54) is 12.1 Å². The first kappa shape index (κ1) is 13.6. The van der Waals surface area contributed by atoms with Crippen LogP contribution in [0.4, 0.5) is 0 Å². The van der Waals surface area contributed by atoms with Crippen LogP contribution in [0.25, 0.3) is 0 Å². The van der Waals surface area contributed by atoms with Crippen molar-refractivity contribution in [2.75, 3.05) is 0 Å². The van der Waals surface area contributed by atoms with Gasteiger partial charge in [-0.1, -0.05) is 26.7 Å². The maximum Gasteiger partial charge on any atom is 0.0730 e. The normalized spacial score (nSPS) is 27.9. The molecule has 1 aromatic rings. The molecule has 3 nitrogen and oxygen atoms in total. The van der Waals surface area contributed by atoms with E-state index in [1.54, 1.807) is 0 Å². The lowest BCUT2D eigenvalue weighted by atomic mass is 9.84. The Kier molecular flexibility index (Phi) is 4.10. The summed E-state index contributed by atoms with van der Waals surface area (Å²) in [5.74, 6) is 0.461. The third-order valence-electron chi connectivity index (χ3n) is 4.48. The van der Waals surface area contributed by atoms with Crippen LogP contribution in [0.1, 0.15) is 57.8 Å². The van der Waals surface area contributed by atoms with E-state index in [9.17, 15) is 5.11 Å². The molecule has 1 fully saturated rings. The number of aliphatic hydroxyl groups is 1. The fourth-order valence-corrected chi connectivity index (χ4v) is 3.36. The predicted molar refractivity (Wildman–Crippen MR) is 73.6 cm³/mol. The number of aryl methyl sites for hydroxylation is 2. The van der Waals surface area contributed by atoms with Gasteiger partial charge in [0.2, 0.25) is 0 Å². The first-order valence-electron chi connectivity index (χ1n) is 7.41. The Morgan fingerprint density at radius 3 is 2.83 bits per heavy atom. The minimum atomic E-state index is -0.493. The molecule has 1 aromatic heterocycles. The van der Waals surface area contributed by atoms with Crippen molar-refractivity contribution in [2.24, 2.45) is 5.92 Å². The van der Waals surface area contributed by atoms with E-state index in [2.05, 4.69) is 36.6 Å². The van der Waals surface area contributed by atoms with Crippen molar-refractivity contribution in [1.29, 1.82) is 0 Å². The molecule has 0 radical (unpaired) electrons. The summed E-state index contributed by atoms with van der Waals surface area (Å²) in [4.78, 5) is 0. The lowest BCUT2D eigenvalue weighted by Gasteiger charge is -2.29. The zero-order valence-electron chi connectivity index (χ0n) is 11.9. The number of hydrogen-bond acceptors (Lipinski definition) is 2. The first-order chi connectivity index (χ1) is 8.62. The van der Waals surface area contributed by atoms with Crippen LogP contribution in [0.2, 0.25) is 0 Å². The van der Waals surface area contributed by atoms with Crippen molar-refractivity contribution >= 4 is 0 Å². The first-order valence-corrected chi connectivity index (χ1v) is 7.41. The minimum absolute atomic E-state index is 0.461. The van der Waals surface area contributed by atoms with E-state index < -0.39 is 5.60 Å². The molecule has 1 aliphatic rings. The largest absolute Gasteiger partial charge is 0.389 e. The van der Waals surface area contributed by atoms with Crippen molar-refractivity contribution in [3.05, 3.63) is 17.5 Å². The Morgan fingerprint density at radius 2 is 2.22 bits per heavy atom. The number of rotatable bonds is 5. The molecule has 1 saturated carbocycles. The molecule has 2 rings (SSSR count). The second-order valence-corrected chi connectivity index (χ2v) is 5.57. The highest BCUT2D eigenvalue weighted by atomic mass is 16.3. The number of nitrogens with zero attached hydrogens (tertiary/aromatic N) is 2. The average Bonchev–Trinajstić information content (AvgIpc) is 2.92. The highest BCUT2D eigenvalue weighted by Crippen LogP contribution is 2.40. The predicted octanol–water partition coefficient (Wildman–Crippen LogP) is 2.95. The molecule has 1 heterocycles. The van der Waals surface area contributed by atoms with Crippen molar-refractivity contribution in [3.8, 4) is 0 Å². The van der Waals surface area contributed by atoms with Gasteiger partial charge in [-0.05, 0) is 38.2 Å². The van der Waals surface area contributed by atoms with Crippen molar-refractivity contribution in [3.63, 3.8) is 0 Å². The van der Waals surface area contributed by atoms with Crippen LogP contribution in [0.15, 0.2) is 6.07 Å². The van der Waals surface area contributed by atoms with Gasteiger partial charge in [0.1, 0.15) is 0 Å². The van der Waals surface area contributed by atoms with Gasteiger partial charge in [0, 0.05) is 18.7 Å². The minimum Gasteiger partial charge on any atom is -0.389 e. The van der Waals surface area contributed by atoms with E-state index in [1.807, 2.05) is 0 Å². The summed E-state index contributed by atoms with van der Waals surface area (Å²) in [7, 11) is 0. The standard InChI is InChI=1S/C15H26N2O/c1-4-12-8-7-9-15(12,18)11-14-10-13(5-2)16-17(14)6-3/h10,12,18H,4-9,11H2,1-3H3. The van der Waals surface area contributed by atoms with Crippen LogP contribution in [0.3, 0.4) is 0 Å². The molecule has 3 heteroatoms. The zero-order valence-corrected chi connectivity index (χ0v) is 11.9. The summed E-state index contributed by atoms with van der Waals surface area (Å²) < 4.78 is 2.06. The summed E-state index contributed by atoms with van der Waals surface area (Å²) >= 11 is 0. The van der Waals surface area contributed by atoms with Gasteiger partial charge in [-0.15, -0.1) is 0 Å². The van der Waals surface area contributed by atoms with Crippen LogP contribution in [-0.2, 0) is 19.4 Å². The quantitative estimate of drug-likeness (QED) is 0.872. The summed E-state index contributed by atoms with van der Waals surface area (Å²) in [6, 6.07) is 2.17. The fourth-order valence-electron chi connectivity index (χ4n) is 3.36. The highest BCUT2D eigenvalue weighted by Gasteiger charge is 2.40. The van der Waals surface area contributed by atoms with Gasteiger partial charge >= 0.3 is 0 Å². The van der Waals surface area contributed by atoms with E-state index in [0.29, 0.717) is 5.92 Å². The van der Waals surface area contributed by atoms with E-state index in [4.69, 9.17) is 0 Å². The summed E-state index contributed by atoms with van der Waals surface area (Å²) in [6.45, 7) is 7.33. The van der Waals surface area contributed by atoms with E-state index in [0.717, 1.165) is 44.3 Å². The molecule has 0 bridgehead atoms. The number of hydrogen-bond donors (Lipinski definition) is 1. The lowest BCUT2D eigenvalue weighted by Crippen LogP contribution is -2.36. The molecule has 1 N–H and O–H groups in total. The monoisotopic (exact) mass is 250 g/mol. The maximum atomic E-state index is 10.9. The molecule has 0 amide bonds. The van der Waals surface area contributed by atoms with Gasteiger partial charge in [0.15, 0.2) is 0 Å². The average molecular weight is 250 g/mol. The molecular formula is C15H26N2O. The molecule has 2 atom stereocenters. The Balaban J connectivity index is 2.19. The Hall–Kier alpha value is -0.830. The van der Waals surface area contributed by atoms with Gasteiger partial charge in [0.05, 0.1) is 11.3 Å². The highest BCUT2D eigenvalue weighted by molar-refractivity contribution is 5.14. The molecule has 0 aliphatic heterocycles. The smallest absolute Gasteiger partial charge is 0.0730 e. The molecule has 2 unspecified atom stereocenters. The molecule has 1 aliphatic carbocycles. The SMILES string of the molecule is CCc1cc(CC2(O)CCCC2CC)n(CC)n1. The summed E-state index contributed by atoms with van der Waals surface area (Å²) in [5.41, 5.74) is 1.85. The second kappa shape index (κ2) is 5.43. The molecule has 0 saturated heterocycles. The van der Waals surface area contributed by atoms with Gasteiger partial charge in [-0.25, -0.2) is 0 Å². The summed E-state index contributed by atoms with van der Waals surface area (Å²) in [6.07, 6.45) is 6.10. The van der Waals surface area contributed by atoms with E-state index >= 15 is 0 Å². The topological polar surface area (TPSA) is 38.0 Å².